The molecule has 0 aliphatic rings. The van der Waals surface area contributed by atoms with E-state index in [1.54, 1.807) is 0 Å². The van der Waals surface area contributed by atoms with Crippen molar-refractivity contribution in [3.05, 3.63) is 41.1 Å². The summed E-state index contributed by atoms with van der Waals surface area (Å²) in [6, 6.07) is 7.97. The Morgan fingerprint density at radius 1 is 1.30 bits per heavy atom. The van der Waals surface area contributed by atoms with Crippen LogP contribution in [0.3, 0.4) is 0 Å². The molecular weight excluding hydrogens is 252 g/mol. The number of amides is 1. The molecule has 0 spiro atoms. The lowest BCUT2D eigenvalue weighted by Crippen LogP contribution is -2.27. The van der Waals surface area contributed by atoms with Crippen molar-refractivity contribution in [2.45, 2.75) is 26.7 Å². The molecule has 2 aromatic rings. The minimum Gasteiger partial charge on any atom is -0.396 e. The molecule has 1 aromatic carbocycles. The van der Waals surface area contributed by atoms with Crippen LogP contribution in [0.1, 0.15) is 23.2 Å². The van der Waals surface area contributed by atoms with Gasteiger partial charge in [-0.25, -0.2) is 0 Å². The highest BCUT2D eigenvalue weighted by Crippen LogP contribution is 2.22. The molecule has 106 valence electrons. The Kier molecular flexibility index (Phi) is 4.69. The normalized spacial score (nSPS) is 10.8. The summed E-state index contributed by atoms with van der Waals surface area (Å²) in [7, 11) is 0. The van der Waals surface area contributed by atoms with Gasteiger partial charge in [0.2, 0.25) is 5.91 Å². The lowest BCUT2D eigenvalue weighted by atomic mass is 9.99. The highest BCUT2D eigenvalue weighted by Gasteiger charge is 2.12. The van der Waals surface area contributed by atoms with Crippen molar-refractivity contribution in [1.82, 2.24) is 10.3 Å². The van der Waals surface area contributed by atoms with Gasteiger partial charge in [0.15, 0.2) is 0 Å². The molecule has 2 N–H and O–H groups in total. The van der Waals surface area contributed by atoms with Crippen molar-refractivity contribution in [3.8, 4) is 0 Å². The van der Waals surface area contributed by atoms with Crippen molar-refractivity contribution in [3.63, 3.8) is 0 Å². The average Bonchev–Trinajstić information content (AvgIpc) is 2.44. The minimum absolute atomic E-state index is 0.0262. The van der Waals surface area contributed by atoms with Gasteiger partial charge < -0.3 is 10.4 Å². The van der Waals surface area contributed by atoms with Crippen molar-refractivity contribution >= 4 is 16.8 Å². The van der Waals surface area contributed by atoms with Crippen LogP contribution in [0.25, 0.3) is 10.9 Å². The summed E-state index contributed by atoms with van der Waals surface area (Å²) in [5, 5.41) is 12.6. The minimum atomic E-state index is -0.0262. The Bertz CT molecular complexity index is 623. The molecule has 1 heterocycles. The summed E-state index contributed by atoms with van der Waals surface area (Å²) < 4.78 is 0. The Labute approximate surface area is 118 Å². The molecule has 4 heteroatoms. The zero-order valence-electron chi connectivity index (χ0n) is 11.9. The van der Waals surface area contributed by atoms with Gasteiger partial charge in [0.05, 0.1) is 11.9 Å². The number of carbonyl (C=O) groups excluding carboxylic acids is 1. The van der Waals surface area contributed by atoms with Gasteiger partial charge in [-0.1, -0.05) is 18.2 Å². The number of aryl methyl sites for hydroxylation is 2. The third kappa shape index (κ3) is 3.14. The number of rotatable bonds is 5. The SMILES string of the molecule is Cc1nc2ccccc2c(C)c1CC(=O)NCCCO. The summed E-state index contributed by atoms with van der Waals surface area (Å²) in [4.78, 5) is 16.5. The molecular formula is C16H20N2O2. The van der Waals surface area contributed by atoms with Crippen molar-refractivity contribution < 1.29 is 9.90 Å². The fraction of sp³-hybridized carbons (Fsp3) is 0.375. The molecule has 0 saturated heterocycles. The molecule has 2 rings (SSSR count). The van der Waals surface area contributed by atoms with Crippen LogP contribution in [0.15, 0.2) is 24.3 Å². The molecule has 0 bridgehead atoms. The number of para-hydroxylation sites is 1. The summed E-state index contributed by atoms with van der Waals surface area (Å²) in [5.74, 6) is -0.0262. The van der Waals surface area contributed by atoms with Crippen LogP contribution in [-0.4, -0.2) is 29.1 Å². The van der Waals surface area contributed by atoms with E-state index in [9.17, 15) is 4.79 Å². The molecule has 4 nitrogen and oxygen atoms in total. The van der Waals surface area contributed by atoms with E-state index < -0.39 is 0 Å². The van der Waals surface area contributed by atoms with Gasteiger partial charge >= 0.3 is 0 Å². The number of carbonyl (C=O) groups is 1. The number of aliphatic hydroxyl groups excluding tert-OH is 1. The van der Waals surface area contributed by atoms with Gasteiger partial charge in [-0.15, -0.1) is 0 Å². The Morgan fingerprint density at radius 3 is 2.80 bits per heavy atom. The second-order valence-corrected chi connectivity index (χ2v) is 4.92. The fourth-order valence-electron chi connectivity index (χ4n) is 2.36. The predicted octanol–water partition coefficient (Wildman–Crippen LogP) is 1.89. The van der Waals surface area contributed by atoms with Crippen LogP contribution in [0.4, 0.5) is 0 Å². The second-order valence-electron chi connectivity index (χ2n) is 4.92. The van der Waals surface area contributed by atoms with Crippen LogP contribution >= 0.6 is 0 Å². The number of pyridine rings is 1. The van der Waals surface area contributed by atoms with E-state index in [0.29, 0.717) is 19.4 Å². The molecule has 1 amide bonds. The number of nitrogens with zero attached hydrogens (tertiary/aromatic N) is 1. The Balaban J connectivity index is 2.23. The molecule has 0 radical (unpaired) electrons. The second kappa shape index (κ2) is 6.48. The first kappa shape index (κ1) is 14.5. The van der Waals surface area contributed by atoms with Gasteiger partial charge in [-0.05, 0) is 37.5 Å². The van der Waals surface area contributed by atoms with E-state index in [1.807, 2.05) is 38.1 Å². The van der Waals surface area contributed by atoms with Crippen LogP contribution < -0.4 is 5.32 Å². The van der Waals surface area contributed by atoms with Crippen LogP contribution in [0.2, 0.25) is 0 Å². The highest BCUT2D eigenvalue weighted by atomic mass is 16.3. The van der Waals surface area contributed by atoms with Gasteiger partial charge in [0, 0.05) is 24.2 Å². The van der Waals surface area contributed by atoms with Crippen molar-refractivity contribution in [1.29, 1.82) is 0 Å². The van der Waals surface area contributed by atoms with E-state index in [4.69, 9.17) is 5.11 Å². The summed E-state index contributed by atoms with van der Waals surface area (Å²) in [6.45, 7) is 4.58. The smallest absolute Gasteiger partial charge is 0.224 e. The number of hydrogen-bond acceptors (Lipinski definition) is 3. The van der Waals surface area contributed by atoms with Crippen LogP contribution in [0, 0.1) is 13.8 Å². The molecule has 0 unspecified atom stereocenters. The maximum absolute atomic E-state index is 11.9. The highest BCUT2D eigenvalue weighted by molar-refractivity contribution is 5.86. The van der Waals surface area contributed by atoms with Gasteiger partial charge in [-0.2, -0.15) is 0 Å². The van der Waals surface area contributed by atoms with Crippen LogP contribution in [-0.2, 0) is 11.2 Å². The van der Waals surface area contributed by atoms with E-state index in [1.165, 1.54) is 0 Å². The van der Waals surface area contributed by atoms with Gasteiger partial charge in [-0.3, -0.25) is 9.78 Å². The van der Waals surface area contributed by atoms with Crippen LogP contribution in [0.5, 0.6) is 0 Å². The van der Waals surface area contributed by atoms with Crippen molar-refractivity contribution in [2.75, 3.05) is 13.2 Å². The maximum Gasteiger partial charge on any atom is 0.224 e. The Morgan fingerprint density at radius 2 is 2.05 bits per heavy atom. The predicted molar refractivity (Wildman–Crippen MR) is 79.6 cm³/mol. The zero-order chi connectivity index (χ0) is 14.5. The molecule has 0 saturated carbocycles. The number of fused-ring (bicyclic) bond motifs is 1. The van der Waals surface area contributed by atoms with Crippen molar-refractivity contribution in [2.24, 2.45) is 0 Å². The maximum atomic E-state index is 11.9. The average molecular weight is 272 g/mol. The molecule has 20 heavy (non-hydrogen) atoms. The number of hydrogen-bond donors (Lipinski definition) is 2. The number of benzene rings is 1. The summed E-state index contributed by atoms with van der Waals surface area (Å²) in [6.07, 6.45) is 0.917. The topological polar surface area (TPSA) is 62.2 Å². The third-order valence-electron chi connectivity index (χ3n) is 3.48. The van der Waals surface area contributed by atoms with E-state index in [2.05, 4.69) is 10.3 Å². The first-order chi connectivity index (χ1) is 9.63. The quantitative estimate of drug-likeness (QED) is 0.817. The summed E-state index contributed by atoms with van der Waals surface area (Å²) >= 11 is 0. The number of aromatic nitrogens is 1. The number of nitrogens with one attached hydrogen (secondary N) is 1. The molecule has 0 aliphatic heterocycles. The molecule has 0 atom stereocenters. The lowest BCUT2D eigenvalue weighted by Gasteiger charge is -2.12. The fourth-order valence-corrected chi connectivity index (χ4v) is 2.36. The van der Waals surface area contributed by atoms with Gasteiger partial charge in [0.25, 0.3) is 0 Å². The monoisotopic (exact) mass is 272 g/mol. The first-order valence-electron chi connectivity index (χ1n) is 6.86. The van der Waals surface area contributed by atoms with E-state index >= 15 is 0 Å². The lowest BCUT2D eigenvalue weighted by molar-refractivity contribution is -0.120. The number of aliphatic hydroxyl groups is 1. The standard InChI is InChI=1S/C16H20N2O2/c1-11-13-6-3-4-7-15(13)18-12(2)14(11)10-16(20)17-8-5-9-19/h3-4,6-7,19H,5,8-10H2,1-2H3,(H,17,20). The van der Waals surface area contributed by atoms with E-state index in [-0.39, 0.29) is 12.5 Å². The third-order valence-corrected chi connectivity index (χ3v) is 3.48. The summed E-state index contributed by atoms with van der Waals surface area (Å²) in [5.41, 5.74) is 3.97. The van der Waals surface area contributed by atoms with Gasteiger partial charge in [0.1, 0.15) is 0 Å². The largest absolute Gasteiger partial charge is 0.396 e. The van der Waals surface area contributed by atoms with E-state index in [0.717, 1.165) is 27.7 Å². The molecule has 0 fully saturated rings. The molecule has 1 aromatic heterocycles. The first-order valence-corrected chi connectivity index (χ1v) is 6.86. The zero-order valence-corrected chi connectivity index (χ0v) is 11.9. The Hall–Kier alpha value is -1.94. The molecule has 0 aliphatic carbocycles.